The van der Waals surface area contributed by atoms with Gasteiger partial charge in [0.2, 0.25) is 0 Å². The van der Waals surface area contributed by atoms with Crippen LogP contribution in [0.15, 0.2) is 61.2 Å². The van der Waals surface area contributed by atoms with Gasteiger partial charge < -0.3 is 0 Å². The van der Waals surface area contributed by atoms with E-state index in [0.29, 0.717) is 0 Å². The highest BCUT2D eigenvalue weighted by Crippen LogP contribution is 2.21. The van der Waals surface area contributed by atoms with Crippen molar-refractivity contribution in [3.63, 3.8) is 0 Å². The number of hydrogen-bond acceptors (Lipinski definition) is 4. The fraction of sp³-hybridized carbons (Fsp3) is 0.350. The molecule has 25 heavy (non-hydrogen) atoms. The van der Waals surface area contributed by atoms with Crippen LogP contribution in [-0.4, -0.2) is 37.7 Å². The molecular formula is C20H23N5. The van der Waals surface area contributed by atoms with Crippen LogP contribution in [0.3, 0.4) is 0 Å². The molecule has 1 aliphatic heterocycles. The molecule has 0 amide bonds. The summed E-state index contributed by atoms with van der Waals surface area (Å²) in [6, 6.07) is 12.2. The normalized spacial score (nSPS) is 16.2. The van der Waals surface area contributed by atoms with Gasteiger partial charge >= 0.3 is 0 Å². The van der Waals surface area contributed by atoms with Crippen LogP contribution < -0.4 is 0 Å². The van der Waals surface area contributed by atoms with Gasteiger partial charge in [-0.05, 0) is 61.7 Å². The molecule has 3 aromatic heterocycles. The number of pyridine rings is 2. The van der Waals surface area contributed by atoms with Crippen molar-refractivity contribution in [3.05, 3.63) is 66.7 Å². The summed E-state index contributed by atoms with van der Waals surface area (Å²) in [5.74, 6) is 0.737. The van der Waals surface area contributed by atoms with Gasteiger partial charge in [-0.15, -0.1) is 0 Å². The highest BCUT2D eigenvalue weighted by atomic mass is 15.3. The molecule has 0 atom stereocenters. The Morgan fingerprint density at radius 3 is 2.48 bits per heavy atom. The quantitative estimate of drug-likeness (QED) is 0.719. The maximum atomic E-state index is 4.58. The van der Waals surface area contributed by atoms with E-state index in [1.807, 2.05) is 36.7 Å². The van der Waals surface area contributed by atoms with E-state index < -0.39 is 0 Å². The molecule has 0 N–H and O–H groups in total. The lowest BCUT2D eigenvalue weighted by molar-refractivity contribution is 0.164. The Kier molecular flexibility index (Phi) is 4.84. The fourth-order valence-corrected chi connectivity index (χ4v) is 3.44. The number of piperidine rings is 1. The first-order valence-electron chi connectivity index (χ1n) is 8.93. The molecular weight excluding hydrogens is 310 g/mol. The maximum absolute atomic E-state index is 4.58. The van der Waals surface area contributed by atoms with E-state index in [-0.39, 0.29) is 0 Å². The highest BCUT2D eigenvalue weighted by Gasteiger charge is 2.19. The Balaban J connectivity index is 1.30. The van der Waals surface area contributed by atoms with E-state index in [1.54, 1.807) is 6.20 Å². The van der Waals surface area contributed by atoms with Gasteiger partial charge in [0.1, 0.15) is 0 Å². The third-order valence-electron chi connectivity index (χ3n) is 4.87. The third-order valence-corrected chi connectivity index (χ3v) is 4.87. The number of aromatic nitrogens is 4. The largest absolute Gasteiger partial charge is 0.299 e. The Morgan fingerprint density at radius 1 is 0.920 bits per heavy atom. The van der Waals surface area contributed by atoms with Crippen molar-refractivity contribution in [1.29, 1.82) is 0 Å². The van der Waals surface area contributed by atoms with E-state index in [1.165, 1.54) is 18.4 Å². The van der Waals surface area contributed by atoms with Crippen molar-refractivity contribution in [2.45, 2.75) is 25.9 Å². The number of rotatable bonds is 5. The molecule has 0 bridgehead atoms. The second-order valence-electron chi connectivity index (χ2n) is 6.71. The number of likely N-dealkylation sites (tertiary alicyclic amines) is 1. The van der Waals surface area contributed by atoms with Crippen molar-refractivity contribution < 1.29 is 0 Å². The predicted molar refractivity (Wildman–Crippen MR) is 97.7 cm³/mol. The van der Waals surface area contributed by atoms with Crippen molar-refractivity contribution in [2.24, 2.45) is 5.92 Å². The zero-order valence-corrected chi connectivity index (χ0v) is 14.3. The lowest BCUT2D eigenvalue weighted by Gasteiger charge is -2.31. The van der Waals surface area contributed by atoms with Crippen LogP contribution in [0.1, 0.15) is 18.4 Å². The van der Waals surface area contributed by atoms with E-state index >= 15 is 0 Å². The summed E-state index contributed by atoms with van der Waals surface area (Å²) in [7, 11) is 0. The van der Waals surface area contributed by atoms with Crippen LogP contribution in [-0.2, 0) is 13.1 Å². The zero-order chi connectivity index (χ0) is 16.9. The van der Waals surface area contributed by atoms with Gasteiger partial charge in [-0.25, -0.2) is 0 Å². The van der Waals surface area contributed by atoms with Crippen molar-refractivity contribution in [3.8, 4) is 11.4 Å². The molecule has 0 aromatic carbocycles. The van der Waals surface area contributed by atoms with Gasteiger partial charge in [0.05, 0.1) is 11.4 Å². The lowest BCUT2D eigenvalue weighted by Crippen LogP contribution is -2.34. The minimum Gasteiger partial charge on any atom is -0.299 e. The van der Waals surface area contributed by atoms with Gasteiger partial charge in [-0.2, -0.15) is 5.10 Å². The van der Waals surface area contributed by atoms with Crippen molar-refractivity contribution in [2.75, 3.05) is 13.1 Å². The monoisotopic (exact) mass is 333 g/mol. The lowest BCUT2D eigenvalue weighted by atomic mass is 9.96. The molecule has 5 heteroatoms. The standard InChI is InChI=1S/C20H23N5/c1-2-9-21-19(4-1)20-6-5-18(14-22-20)15-24-12-7-17(8-13-24)16-25-11-3-10-23-25/h1-6,9-11,14,17H,7-8,12-13,15-16H2. The van der Waals surface area contributed by atoms with Gasteiger partial charge in [-0.3, -0.25) is 19.5 Å². The highest BCUT2D eigenvalue weighted by molar-refractivity contribution is 5.53. The minimum absolute atomic E-state index is 0.737. The summed E-state index contributed by atoms with van der Waals surface area (Å²) in [5, 5.41) is 4.32. The molecule has 1 aliphatic rings. The second kappa shape index (κ2) is 7.57. The molecule has 5 nitrogen and oxygen atoms in total. The molecule has 4 rings (SSSR count). The summed E-state index contributed by atoms with van der Waals surface area (Å²) in [5.41, 5.74) is 3.13. The smallest absolute Gasteiger partial charge is 0.0886 e. The second-order valence-corrected chi connectivity index (χ2v) is 6.71. The molecule has 1 fully saturated rings. The first-order valence-corrected chi connectivity index (χ1v) is 8.93. The number of nitrogens with zero attached hydrogens (tertiary/aromatic N) is 5. The summed E-state index contributed by atoms with van der Waals surface area (Å²) in [6.07, 6.45) is 10.2. The van der Waals surface area contributed by atoms with Gasteiger partial charge in [0.15, 0.2) is 0 Å². The van der Waals surface area contributed by atoms with Crippen LogP contribution in [0.2, 0.25) is 0 Å². The Hall–Kier alpha value is -2.53. The van der Waals surface area contributed by atoms with Crippen LogP contribution in [0, 0.1) is 5.92 Å². The molecule has 0 spiro atoms. The molecule has 0 saturated carbocycles. The summed E-state index contributed by atoms with van der Waals surface area (Å²) in [6.45, 7) is 4.31. The molecule has 4 heterocycles. The molecule has 3 aromatic rings. The van der Waals surface area contributed by atoms with Crippen LogP contribution in [0.25, 0.3) is 11.4 Å². The first-order chi connectivity index (χ1) is 12.4. The Labute approximate surface area is 148 Å². The van der Waals surface area contributed by atoms with Gasteiger partial charge in [0.25, 0.3) is 0 Å². The first kappa shape index (κ1) is 16.0. The molecule has 0 unspecified atom stereocenters. The van der Waals surface area contributed by atoms with Crippen molar-refractivity contribution >= 4 is 0 Å². The summed E-state index contributed by atoms with van der Waals surface area (Å²) in [4.78, 5) is 11.5. The SMILES string of the molecule is c1ccc(-c2ccc(CN3CCC(Cn4cccn4)CC3)cn2)nc1. The minimum atomic E-state index is 0.737. The average Bonchev–Trinajstić information content (AvgIpc) is 3.18. The Bertz CT molecular complexity index is 760. The molecule has 1 saturated heterocycles. The number of hydrogen-bond donors (Lipinski definition) is 0. The van der Waals surface area contributed by atoms with E-state index in [4.69, 9.17) is 0 Å². The van der Waals surface area contributed by atoms with Gasteiger partial charge in [0, 0.05) is 37.9 Å². The third kappa shape index (κ3) is 4.12. The van der Waals surface area contributed by atoms with E-state index in [0.717, 1.165) is 43.5 Å². The van der Waals surface area contributed by atoms with Crippen LogP contribution >= 0.6 is 0 Å². The summed E-state index contributed by atoms with van der Waals surface area (Å²) >= 11 is 0. The summed E-state index contributed by atoms with van der Waals surface area (Å²) < 4.78 is 2.06. The molecule has 0 aliphatic carbocycles. The van der Waals surface area contributed by atoms with Crippen LogP contribution in [0.5, 0.6) is 0 Å². The Morgan fingerprint density at radius 2 is 1.80 bits per heavy atom. The van der Waals surface area contributed by atoms with E-state index in [9.17, 15) is 0 Å². The molecule has 128 valence electrons. The van der Waals surface area contributed by atoms with Crippen molar-refractivity contribution in [1.82, 2.24) is 24.6 Å². The zero-order valence-electron chi connectivity index (χ0n) is 14.3. The van der Waals surface area contributed by atoms with E-state index in [2.05, 4.69) is 43.0 Å². The van der Waals surface area contributed by atoms with Crippen LogP contribution in [0.4, 0.5) is 0 Å². The predicted octanol–water partition coefficient (Wildman–Crippen LogP) is 3.25. The topological polar surface area (TPSA) is 46.8 Å². The molecule has 0 radical (unpaired) electrons. The maximum Gasteiger partial charge on any atom is 0.0886 e. The fourth-order valence-electron chi connectivity index (χ4n) is 3.44. The average molecular weight is 333 g/mol. The van der Waals surface area contributed by atoms with Gasteiger partial charge in [-0.1, -0.05) is 12.1 Å².